The monoisotopic (exact) mass is 363 g/mol. The van der Waals surface area contributed by atoms with Crippen LogP contribution in [0.3, 0.4) is 0 Å². The highest BCUT2D eigenvalue weighted by Gasteiger charge is 2.38. The largest absolute Gasteiger partial charge is 0.483 e. The van der Waals surface area contributed by atoms with Crippen LogP contribution >= 0.6 is 11.8 Å². The summed E-state index contributed by atoms with van der Waals surface area (Å²) < 4.78 is 5.71. The van der Waals surface area contributed by atoms with E-state index in [1.54, 1.807) is 18.7 Å². The molecular weight excluding hydrogens is 342 g/mol. The van der Waals surface area contributed by atoms with E-state index in [-0.39, 0.29) is 0 Å². The van der Waals surface area contributed by atoms with Crippen molar-refractivity contribution in [3.63, 3.8) is 0 Å². The Morgan fingerprint density at radius 3 is 2.92 bits per heavy atom. The highest BCUT2D eigenvalue weighted by molar-refractivity contribution is 7.98. The number of carbonyl (C=O) groups excluding carboxylic acids is 2. The zero-order chi connectivity index (χ0) is 18.4. The third-order valence-electron chi connectivity index (χ3n) is 4.19. The molecule has 1 N–H and O–H groups in total. The number of amides is 1. The highest BCUT2D eigenvalue weighted by atomic mass is 32.2. The van der Waals surface area contributed by atoms with Crippen LogP contribution in [0.5, 0.6) is 5.75 Å². The van der Waals surface area contributed by atoms with Gasteiger partial charge in [0.05, 0.1) is 12.5 Å². The second-order valence-electron chi connectivity index (χ2n) is 5.66. The highest BCUT2D eigenvalue weighted by Crippen LogP contribution is 2.39. The van der Waals surface area contributed by atoms with Crippen molar-refractivity contribution >= 4 is 29.7 Å². The molecule has 0 bridgehead atoms. The van der Waals surface area contributed by atoms with Gasteiger partial charge in [-0.05, 0) is 31.2 Å². The Kier molecular flexibility index (Phi) is 6.75. The molecule has 2 rings (SSSR count). The topological polar surface area (TPSA) is 103 Å². The van der Waals surface area contributed by atoms with Gasteiger partial charge in [0.25, 0.3) is 0 Å². The van der Waals surface area contributed by atoms with E-state index >= 15 is 0 Å². The van der Waals surface area contributed by atoms with Crippen LogP contribution in [0.4, 0.5) is 0 Å². The Balaban J connectivity index is 2.20. The van der Waals surface area contributed by atoms with Gasteiger partial charge in [0.2, 0.25) is 11.7 Å². The van der Waals surface area contributed by atoms with Crippen LogP contribution in [0.1, 0.15) is 30.6 Å². The number of carbonyl (C=O) groups is 2. The van der Waals surface area contributed by atoms with Gasteiger partial charge in [0.15, 0.2) is 0 Å². The summed E-state index contributed by atoms with van der Waals surface area (Å²) >= 11 is 1.55. The number of thioether (sulfide) groups is 1. The van der Waals surface area contributed by atoms with Crippen molar-refractivity contribution in [3.05, 3.63) is 34.9 Å². The Morgan fingerprint density at radius 1 is 1.52 bits per heavy atom. The lowest BCUT2D eigenvalue weighted by atomic mass is 10.1. The zero-order valence-electron chi connectivity index (χ0n) is 14.2. The Hall–Kier alpha value is -2.15. The fourth-order valence-electron chi connectivity index (χ4n) is 3.10. The summed E-state index contributed by atoms with van der Waals surface area (Å²) in [4.78, 5) is 28.1. The van der Waals surface area contributed by atoms with E-state index in [0.29, 0.717) is 30.9 Å². The first-order valence-corrected chi connectivity index (χ1v) is 9.34. The molecule has 0 saturated carbocycles. The van der Waals surface area contributed by atoms with Crippen molar-refractivity contribution in [1.82, 2.24) is 4.90 Å². The number of aliphatic hydroxyl groups is 1. The lowest BCUT2D eigenvalue weighted by Gasteiger charge is -2.30. The number of ketones is 1. The summed E-state index contributed by atoms with van der Waals surface area (Å²) in [5.41, 5.74) is 10.0. The van der Waals surface area contributed by atoms with E-state index in [2.05, 4.69) is 4.79 Å². The van der Waals surface area contributed by atoms with Gasteiger partial charge in [0.1, 0.15) is 17.8 Å². The Morgan fingerprint density at radius 2 is 2.28 bits per heavy atom. The molecule has 1 aliphatic rings. The van der Waals surface area contributed by atoms with Crippen LogP contribution in [0.15, 0.2) is 18.2 Å². The first kappa shape index (κ1) is 19.2. The van der Waals surface area contributed by atoms with Gasteiger partial charge in [-0.15, -0.1) is 11.8 Å². The molecule has 1 aromatic rings. The fourth-order valence-corrected chi connectivity index (χ4v) is 3.35. The molecule has 134 valence electrons. The number of hydrogen-bond donors (Lipinski definition) is 1. The lowest BCUT2D eigenvalue weighted by molar-refractivity contribution is -0.138. The molecule has 25 heavy (non-hydrogen) atoms. The van der Waals surface area contributed by atoms with E-state index in [4.69, 9.17) is 10.3 Å². The molecular formula is C17H21N3O4S. The molecule has 0 radical (unpaired) electrons. The van der Waals surface area contributed by atoms with E-state index in [1.807, 2.05) is 24.5 Å². The average Bonchev–Trinajstić information content (AvgIpc) is 2.91. The average molecular weight is 363 g/mol. The Bertz CT molecular complexity index is 703. The molecule has 8 heteroatoms. The number of aliphatic hydroxyl groups excluding tert-OH is 1. The van der Waals surface area contributed by atoms with Crippen molar-refractivity contribution < 1.29 is 24.2 Å². The van der Waals surface area contributed by atoms with E-state index in [0.717, 1.165) is 11.1 Å². The molecule has 2 atom stereocenters. The first-order chi connectivity index (χ1) is 12.0. The van der Waals surface area contributed by atoms with Crippen LogP contribution in [-0.4, -0.2) is 57.5 Å². The maximum absolute atomic E-state index is 12.4. The van der Waals surface area contributed by atoms with Crippen LogP contribution in [0.25, 0.3) is 5.53 Å². The number of rotatable bonds is 8. The van der Waals surface area contributed by atoms with Crippen LogP contribution in [-0.2, 0) is 16.0 Å². The molecule has 0 unspecified atom stereocenters. The smallest absolute Gasteiger partial charge is 0.323 e. The van der Waals surface area contributed by atoms with Gasteiger partial charge in [-0.25, -0.2) is 0 Å². The normalized spacial score (nSPS) is 18.2. The van der Waals surface area contributed by atoms with Crippen molar-refractivity contribution in [1.29, 1.82) is 0 Å². The zero-order valence-corrected chi connectivity index (χ0v) is 15.0. The van der Waals surface area contributed by atoms with Crippen molar-refractivity contribution in [3.8, 4) is 5.75 Å². The van der Waals surface area contributed by atoms with Gasteiger partial charge >= 0.3 is 6.21 Å². The summed E-state index contributed by atoms with van der Waals surface area (Å²) in [5.74, 6) is 0.221. The molecule has 0 fully saturated rings. The molecule has 0 heterocycles. The number of nitrogens with zero attached hydrogens (tertiary/aromatic N) is 3. The molecule has 0 aromatic heterocycles. The van der Waals surface area contributed by atoms with Gasteiger partial charge in [-0.3, -0.25) is 9.59 Å². The van der Waals surface area contributed by atoms with Crippen molar-refractivity contribution in [2.45, 2.75) is 31.9 Å². The van der Waals surface area contributed by atoms with Gasteiger partial charge in [0, 0.05) is 12.1 Å². The number of likely N-dealkylation sites (N-methyl/N-ethyl adjacent to an activating group) is 1. The standard InChI is InChI=1S/C17H21N3O4S/c1-3-20(16(22)7-11(21)9-19-18)14-8-13-12(17(14)23)5-4-6-15(13)24-10-25-2/h4-6,9,14,17,23H,3,7-8,10H2,1-2H3/t14-,17-/m1/s1. The second-order valence-corrected chi connectivity index (χ2v) is 6.47. The van der Waals surface area contributed by atoms with E-state index < -0.39 is 30.3 Å². The van der Waals surface area contributed by atoms with E-state index in [9.17, 15) is 14.7 Å². The third-order valence-corrected chi connectivity index (χ3v) is 4.54. The minimum absolute atomic E-state index is 0.360. The number of Topliss-reactive ketones (excluding diaryl/α,β-unsaturated/α-hetero) is 1. The maximum atomic E-state index is 12.4. The summed E-state index contributed by atoms with van der Waals surface area (Å²) in [7, 11) is 0. The summed E-state index contributed by atoms with van der Waals surface area (Å²) in [5, 5.41) is 10.7. The van der Waals surface area contributed by atoms with Crippen molar-refractivity contribution in [2.24, 2.45) is 0 Å². The minimum Gasteiger partial charge on any atom is -0.483 e. The summed E-state index contributed by atoms with van der Waals surface area (Å²) in [6, 6.07) is 5.04. The molecule has 1 aliphatic carbocycles. The van der Waals surface area contributed by atoms with Crippen LogP contribution in [0, 0.1) is 0 Å². The number of benzene rings is 1. The molecule has 0 aliphatic heterocycles. The third kappa shape index (κ3) is 4.28. The predicted molar refractivity (Wildman–Crippen MR) is 94.6 cm³/mol. The Labute approximate surface area is 150 Å². The van der Waals surface area contributed by atoms with Crippen molar-refractivity contribution in [2.75, 3.05) is 18.7 Å². The first-order valence-electron chi connectivity index (χ1n) is 7.94. The minimum atomic E-state index is -0.835. The molecule has 0 saturated heterocycles. The lowest BCUT2D eigenvalue weighted by Crippen LogP contribution is -2.43. The molecule has 0 spiro atoms. The van der Waals surface area contributed by atoms with Gasteiger partial charge < -0.3 is 20.3 Å². The van der Waals surface area contributed by atoms with Gasteiger partial charge in [-0.1, -0.05) is 12.1 Å². The number of fused-ring (bicyclic) bond motifs is 1. The molecule has 7 nitrogen and oxygen atoms in total. The van der Waals surface area contributed by atoms with Crippen LogP contribution < -0.4 is 4.74 Å². The maximum Gasteiger partial charge on any atom is 0.323 e. The predicted octanol–water partition coefficient (Wildman–Crippen LogP) is 1.45. The van der Waals surface area contributed by atoms with Gasteiger partial charge in [-0.2, -0.15) is 4.79 Å². The second kappa shape index (κ2) is 8.80. The summed E-state index contributed by atoms with van der Waals surface area (Å²) in [6.45, 7) is 2.16. The SMILES string of the molecule is CCN(C(=O)CC(=O)C=[N+]=[N-])[C@@H]1Cc2c(OCSC)cccc2[C@H]1O. The number of hydrogen-bond acceptors (Lipinski definition) is 5. The fraction of sp³-hybridized carbons (Fsp3) is 0.471. The molecule has 1 amide bonds. The van der Waals surface area contributed by atoms with E-state index in [1.165, 1.54) is 4.90 Å². The van der Waals surface area contributed by atoms with Crippen LogP contribution in [0.2, 0.25) is 0 Å². The quantitative estimate of drug-likeness (QED) is 0.248. The number of ether oxygens (including phenoxy) is 1. The summed E-state index contributed by atoms with van der Waals surface area (Å²) in [6.07, 6.45) is 1.87. The molecule has 1 aromatic carbocycles.